The standard InChI is InChI=1S/C14H16N2S/c1-11(12-7-9-15-10-8-12)16-13-5-3-4-6-14(13)17-2/h3-11,16H,1-2H3. The average molecular weight is 244 g/mol. The quantitative estimate of drug-likeness (QED) is 0.824. The Morgan fingerprint density at radius 3 is 2.53 bits per heavy atom. The summed E-state index contributed by atoms with van der Waals surface area (Å²) in [6, 6.07) is 12.7. The van der Waals surface area contributed by atoms with Crippen molar-refractivity contribution in [1.29, 1.82) is 0 Å². The number of hydrogen-bond donors (Lipinski definition) is 1. The van der Waals surface area contributed by atoms with Crippen molar-refractivity contribution in [1.82, 2.24) is 4.98 Å². The van der Waals surface area contributed by atoms with Crippen LogP contribution in [0.15, 0.2) is 53.7 Å². The second-order valence-electron chi connectivity index (χ2n) is 3.85. The van der Waals surface area contributed by atoms with Crippen molar-refractivity contribution in [2.45, 2.75) is 17.9 Å². The Bertz CT molecular complexity index is 471. The number of nitrogens with one attached hydrogen (secondary N) is 1. The molecule has 0 saturated heterocycles. The smallest absolute Gasteiger partial charge is 0.0487 e. The van der Waals surface area contributed by atoms with E-state index in [4.69, 9.17) is 0 Å². The monoisotopic (exact) mass is 244 g/mol. The van der Waals surface area contributed by atoms with Crippen LogP contribution in [0, 0.1) is 0 Å². The molecule has 1 N–H and O–H groups in total. The van der Waals surface area contributed by atoms with Gasteiger partial charge in [-0.15, -0.1) is 11.8 Å². The molecule has 0 fully saturated rings. The lowest BCUT2D eigenvalue weighted by Gasteiger charge is -2.17. The summed E-state index contributed by atoms with van der Waals surface area (Å²) in [6.45, 7) is 2.16. The number of hydrogen-bond acceptors (Lipinski definition) is 3. The van der Waals surface area contributed by atoms with Gasteiger partial charge in [0.05, 0.1) is 0 Å². The number of nitrogens with zero attached hydrogens (tertiary/aromatic N) is 1. The maximum atomic E-state index is 4.04. The molecule has 17 heavy (non-hydrogen) atoms. The first-order chi connectivity index (χ1) is 8.31. The lowest BCUT2D eigenvalue weighted by Crippen LogP contribution is -2.07. The first-order valence-corrected chi connectivity index (χ1v) is 6.83. The van der Waals surface area contributed by atoms with Gasteiger partial charge in [0.25, 0.3) is 0 Å². The van der Waals surface area contributed by atoms with Crippen molar-refractivity contribution >= 4 is 17.4 Å². The molecule has 3 heteroatoms. The molecule has 1 heterocycles. The van der Waals surface area contributed by atoms with Crippen LogP contribution in [0.4, 0.5) is 5.69 Å². The lowest BCUT2D eigenvalue weighted by atomic mass is 10.1. The average Bonchev–Trinajstić information content (AvgIpc) is 2.40. The highest BCUT2D eigenvalue weighted by molar-refractivity contribution is 7.98. The molecular formula is C14H16N2S. The minimum Gasteiger partial charge on any atom is -0.378 e. The van der Waals surface area contributed by atoms with Crippen molar-refractivity contribution in [3.05, 3.63) is 54.4 Å². The first-order valence-electron chi connectivity index (χ1n) is 5.60. The van der Waals surface area contributed by atoms with Crippen LogP contribution >= 0.6 is 11.8 Å². The van der Waals surface area contributed by atoms with Crippen molar-refractivity contribution in [3.63, 3.8) is 0 Å². The zero-order valence-corrected chi connectivity index (χ0v) is 10.9. The van der Waals surface area contributed by atoms with E-state index in [1.165, 1.54) is 16.1 Å². The maximum Gasteiger partial charge on any atom is 0.0487 e. The molecule has 2 rings (SSSR count). The lowest BCUT2D eigenvalue weighted by molar-refractivity contribution is 0.876. The normalized spacial score (nSPS) is 12.1. The second-order valence-corrected chi connectivity index (χ2v) is 4.69. The summed E-state index contributed by atoms with van der Waals surface area (Å²) < 4.78 is 0. The van der Waals surface area contributed by atoms with Gasteiger partial charge in [0.1, 0.15) is 0 Å². The number of anilines is 1. The van der Waals surface area contributed by atoms with Crippen LogP contribution in [0.5, 0.6) is 0 Å². The predicted octanol–water partition coefficient (Wildman–Crippen LogP) is 3.98. The molecule has 2 nitrogen and oxygen atoms in total. The highest BCUT2D eigenvalue weighted by atomic mass is 32.2. The van der Waals surface area contributed by atoms with Gasteiger partial charge in [0, 0.05) is 29.0 Å². The number of para-hydroxylation sites is 1. The van der Waals surface area contributed by atoms with Crippen LogP contribution in [0.3, 0.4) is 0 Å². The highest BCUT2D eigenvalue weighted by Gasteiger charge is 2.06. The molecule has 0 aliphatic carbocycles. The Labute approximate surface area is 106 Å². The van der Waals surface area contributed by atoms with E-state index >= 15 is 0 Å². The van der Waals surface area contributed by atoms with E-state index in [1.54, 1.807) is 11.8 Å². The van der Waals surface area contributed by atoms with Crippen LogP contribution in [0.25, 0.3) is 0 Å². The van der Waals surface area contributed by atoms with Crippen LogP contribution in [0.1, 0.15) is 18.5 Å². The topological polar surface area (TPSA) is 24.9 Å². The SMILES string of the molecule is CSc1ccccc1NC(C)c1ccncc1. The van der Waals surface area contributed by atoms with Gasteiger partial charge >= 0.3 is 0 Å². The van der Waals surface area contributed by atoms with Gasteiger partial charge in [-0.2, -0.15) is 0 Å². The molecule has 88 valence electrons. The van der Waals surface area contributed by atoms with Crippen molar-refractivity contribution < 1.29 is 0 Å². The Morgan fingerprint density at radius 1 is 1.12 bits per heavy atom. The Morgan fingerprint density at radius 2 is 1.82 bits per heavy atom. The molecule has 1 aromatic carbocycles. The minimum absolute atomic E-state index is 0.284. The fourth-order valence-electron chi connectivity index (χ4n) is 1.73. The summed E-state index contributed by atoms with van der Waals surface area (Å²) in [5.74, 6) is 0. The van der Waals surface area contributed by atoms with Crippen LogP contribution < -0.4 is 5.32 Å². The van der Waals surface area contributed by atoms with Crippen LogP contribution in [0.2, 0.25) is 0 Å². The first kappa shape index (κ1) is 12.0. The highest BCUT2D eigenvalue weighted by Crippen LogP contribution is 2.28. The number of benzene rings is 1. The zero-order chi connectivity index (χ0) is 12.1. The van der Waals surface area contributed by atoms with E-state index in [2.05, 4.69) is 47.7 Å². The molecular weight excluding hydrogens is 228 g/mol. The number of aromatic nitrogens is 1. The second kappa shape index (κ2) is 5.73. The minimum atomic E-state index is 0.284. The summed E-state index contributed by atoms with van der Waals surface area (Å²) in [5, 5.41) is 3.53. The fraction of sp³-hybridized carbons (Fsp3) is 0.214. The molecule has 0 aliphatic rings. The fourth-order valence-corrected chi connectivity index (χ4v) is 2.29. The maximum absolute atomic E-state index is 4.04. The van der Waals surface area contributed by atoms with Crippen LogP contribution in [-0.4, -0.2) is 11.2 Å². The van der Waals surface area contributed by atoms with E-state index in [9.17, 15) is 0 Å². The largest absolute Gasteiger partial charge is 0.378 e. The summed E-state index contributed by atoms with van der Waals surface area (Å²) in [4.78, 5) is 5.31. The predicted molar refractivity (Wildman–Crippen MR) is 74.5 cm³/mol. The Kier molecular flexibility index (Phi) is 4.04. The van der Waals surface area contributed by atoms with Crippen LogP contribution in [-0.2, 0) is 0 Å². The van der Waals surface area contributed by atoms with Gasteiger partial charge in [-0.3, -0.25) is 4.98 Å². The molecule has 1 atom stereocenters. The summed E-state index contributed by atoms with van der Waals surface area (Å²) in [5.41, 5.74) is 2.43. The van der Waals surface area contributed by atoms with Gasteiger partial charge < -0.3 is 5.32 Å². The third-order valence-corrected chi connectivity index (χ3v) is 3.48. The molecule has 0 radical (unpaired) electrons. The Balaban J connectivity index is 2.16. The molecule has 0 aliphatic heterocycles. The molecule has 1 aromatic heterocycles. The number of rotatable bonds is 4. The van der Waals surface area contributed by atoms with E-state index < -0.39 is 0 Å². The number of pyridine rings is 1. The number of thioether (sulfide) groups is 1. The third-order valence-electron chi connectivity index (χ3n) is 2.69. The van der Waals surface area contributed by atoms with Crippen molar-refractivity contribution in [3.8, 4) is 0 Å². The summed E-state index contributed by atoms with van der Waals surface area (Å²) in [7, 11) is 0. The van der Waals surface area contributed by atoms with Gasteiger partial charge in [0.15, 0.2) is 0 Å². The van der Waals surface area contributed by atoms with Gasteiger partial charge in [-0.25, -0.2) is 0 Å². The van der Waals surface area contributed by atoms with Gasteiger partial charge in [-0.1, -0.05) is 12.1 Å². The third kappa shape index (κ3) is 3.01. The molecule has 0 amide bonds. The molecule has 0 saturated carbocycles. The molecule has 0 spiro atoms. The van der Waals surface area contributed by atoms with E-state index in [0.717, 1.165) is 0 Å². The van der Waals surface area contributed by atoms with Crippen molar-refractivity contribution in [2.24, 2.45) is 0 Å². The van der Waals surface area contributed by atoms with E-state index in [0.29, 0.717) is 0 Å². The van der Waals surface area contributed by atoms with E-state index in [-0.39, 0.29) is 6.04 Å². The summed E-state index contributed by atoms with van der Waals surface area (Å²) >= 11 is 1.76. The van der Waals surface area contributed by atoms with E-state index in [1.807, 2.05) is 24.5 Å². The molecule has 2 aromatic rings. The van der Waals surface area contributed by atoms with Crippen molar-refractivity contribution in [2.75, 3.05) is 11.6 Å². The Hall–Kier alpha value is -1.48. The zero-order valence-electron chi connectivity index (χ0n) is 10.1. The van der Waals surface area contributed by atoms with Gasteiger partial charge in [0.2, 0.25) is 0 Å². The van der Waals surface area contributed by atoms with Gasteiger partial charge in [-0.05, 0) is 43.0 Å². The molecule has 0 bridgehead atoms. The summed E-state index contributed by atoms with van der Waals surface area (Å²) in [6.07, 6.45) is 5.75. The molecule has 1 unspecified atom stereocenters.